The topological polar surface area (TPSA) is 101 Å². The summed E-state index contributed by atoms with van der Waals surface area (Å²) in [6.45, 7) is 3.66. The molecule has 1 unspecified atom stereocenters. The number of carbonyl (C=O) groups excluding carboxylic acids is 2. The maximum absolute atomic E-state index is 13.9. The van der Waals surface area contributed by atoms with E-state index in [-0.39, 0.29) is 16.4 Å². The van der Waals surface area contributed by atoms with E-state index in [9.17, 15) is 19.1 Å². The number of aliphatic hydroxyl groups is 1. The number of hydrogen-bond donors (Lipinski definition) is 1. The number of rotatable bonds is 6. The summed E-state index contributed by atoms with van der Waals surface area (Å²) in [4.78, 5) is 32.8. The fourth-order valence-electron chi connectivity index (χ4n) is 4.78. The zero-order valence-corrected chi connectivity index (χ0v) is 24.1. The third-order valence-corrected chi connectivity index (χ3v) is 9.32. The molecule has 206 valence electrons. The molecule has 6 rings (SSSR count). The van der Waals surface area contributed by atoms with E-state index in [0.29, 0.717) is 32.0 Å². The lowest BCUT2D eigenvalue weighted by Gasteiger charge is -2.22. The first-order valence-corrected chi connectivity index (χ1v) is 14.6. The number of benzene rings is 2. The number of halogens is 2. The minimum atomic E-state index is -1.07. The molecule has 41 heavy (non-hydrogen) atoms. The number of nitrogens with zero attached hydrogens (tertiary/aromatic N) is 5. The van der Waals surface area contributed by atoms with E-state index in [0.717, 1.165) is 22.5 Å². The van der Waals surface area contributed by atoms with Gasteiger partial charge in [-0.3, -0.25) is 14.5 Å². The third-order valence-electron chi connectivity index (χ3n) is 6.85. The number of aryl methyl sites for hydroxylation is 2. The number of ketones is 1. The molecule has 2 aromatic carbocycles. The Bertz CT molecular complexity index is 1870. The highest BCUT2D eigenvalue weighted by atomic mass is 35.5. The summed E-state index contributed by atoms with van der Waals surface area (Å²) in [5, 5.41) is 20.8. The van der Waals surface area contributed by atoms with E-state index in [2.05, 4.69) is 15.2 Å². The van der Waals surface area contributed by atoms with E-state index in [1.54, 1.807) is 23.6 Å². The maximum atomic E-state index is 13.9. The van der Waals surface area contributed by atoms with Crippen LogP contribution in [0.25, 0.3) is 11.4 Å². The van der Waals surface area contributed by atoms with Crippen molar-refractivity contribution in [1.29, 1.82) is 0 Å². The maximum Gasteiger partial charge on any atom is 0.301 e. The van der Waals surface area contributed by atoms with E-state index in [4.69, 9.17) is 11.6 Å². The number of imidazole rings is 1. The Balaban J connectivity index is 1.44. The fourth-order valence-corrected chi connectivity index (χ4v) is 6.93. The molecule has 12 heteroatoms. The molecule has 5 aromatic rings. The van der Waals surface area contributed by atoms with Crippen molar-refractivity contribution in [1.82, 2.24) is 19.6 Å². The molecule has 4 heterocycles. The minimum Gasteiger partial charge on any atom is -0.505 e. The molecular weight excluding hydrogens is 585 g/mol. The van der Waals surface area contributed by atoms with Gasteiger partial charge in [-0.25, -0.2) is 9.37 Å². The van der Waals surface area contributed by atoms with Gasteiger partial charge < -0.3 is 9.51 Å². The number of amides is 1. The van der Waals surface area contributed by atoms with Gasteiger partial charge in [0.05, 0.1) is 17.3 Å². The third kappa shape index (κ3) is 4.79. The second kappa shape index (κ2) is 10.7. The predicted octanol–water partition coefficient (Wildman–Crippen LogP) is 6.51. The normalized spacial score (nSPS) is 16.7. The monoisotopic (exact) mass is 605 g/mol. The lowest BCUT2D eigenvalue weighted by Crippen LogP contribution is -2.29. The van der Waals surface area contributed by atoms with Crippen LogP contribution in [0.1, 0.15) is 34.1 Å². The summed E-state index contributed by atoms with van der Waals surface area (Å²) in [6.07, 6.45) is 1.81. The molecule has 1 aliphatic heterocycles. The molecule has 3 aromatic heterocycles. The number of Topliss-reactive ketones (excluding diaryl/α,β-unsaturated/α-hetero) is 1. The van der Waals surface area contributed by atoms with Crippen molar-refractivity contribution in [3.63, 3.8) is 0 Å². The van der Waals surface area contributed by atoms with Gasteiger partial charge in [0.15, 0.2) is 10.1 Å². The van der Waals surface area contributed by atoms with Crippen molar-refractivity contribution < 1.29 is 19.1 Å². The lowest BCUT2D eigenvalue weighted by molar-refractivity contribution is -0.132. The Labute approximate surface area is 247 Å². The number of aromatic nitrogens is 4. The van der Waals surface area contributed by atoms with Gasteiger partial charge in [0.25, 0.3) is 5.78 Å². The Kier molecular flexibility index (Phi) is 7.10. The summed E-state index contributed by atoms with van der Waals surface area (Å²) < 4.78 is 16.2. The van der Waals surface area contributed by atoms with Crippen LogP contribution < -0.4 is 4.90 Å². The summed E-state index contributed by atoms with van der Waals surface area (Å²) in [7, 11) is 0. The first-order chi connectivity index (χ1) is 19.7. The van der Waals surface area contributed by atoms with Crippen LogP contribution in [0.15, 0.2) is 76.8 Å². The number of thioether (sulfide) groups is 1. The second-order valence-electron chi connectivity index (χ2n) is 9.38. The highest BCUT2D eigenvalue weighted by molar-refractivity contribution is 8.00. The first kappa shape index (κ1) is 27.1. The highest BCUT2D eigenvalue weighted by Crippen LogP contribution is 2.44. The predicted molar refractivity (Wildman–Crippen MR) is 157 cm³/mol. The number of carbonyl (C=O) groups is 2. The van der Waals surface area contributed by atoms with Crippen LogP contribution in [0.5, 0.6) is 0 Å². The van der Waals surface area contributed by atoms with Crippen LogP contribution >= 0.6 is 34.7 Å². The fraction of sp³-hybridized carbons (Fsp3) is 0.138. The number of pyridine rings is 1. The summed E-state index contributed by atoms with van der Waals surface area (Å²) in [6, 6.07) is 15.5. The molecule has 8 nitrogen and oxygen atoms in total. The molecule has 0 saturated carbocycles. The molecule has 1 amide bonds. The first-order valence-electron chi connectivity index (χ1n) is 12.5. The van der Waals surface area contributed by atoms with Crippen LogP contribution in [-0.4, -0.2) is 36.4 Å². The molecule has 1 N–H and O–H groups in total. The van der Waals surface area contributed by atoms with Crippen molar-refractivity contribution in [3.05, 3.63) is 111 Å². The zero-order chi connectivity index (χ0) is 28.8. The van der Waals surface area contributed by atoms with Gasteiger partial charge in [-0.1, -0.05) is 71.1 Å². The minimum absolute atomic E-state index is 0.161. The quantitative estimate of drug-likeness (QED) is 0.0774. The Hall–Kier alpha value is -4.06. The number of aliphatic hydroxyl groups excluding tert-OH is 1. The molecule has 0 radical (unpaired) electrons. The molecule has 1 aliphatic rings. The van der Waals surface area contributed by atoms with Gasteiger partial charge in [0.2, 0.25) is 5.13 Å². The average molecular weight is 606 g/mol. The van der Waals surface area contributed by atoms with Crippen LogP contribution in [0, 0.1) is 19.7 Å². The largest absolute Gasteiger partial charge is 0.505 e. The smallest absolute Gasteiger partial charge is 0.301 e. The summed E-state index contributed by atoms with van der Waals surface area (Å²) in [5.41, 5.74) is 3.44. The van der Waals surface area contributed by atoms with Crippen LogP contribution in [-0.2, 0) is 15.3 Å². The molecular formula is C29H21ClFN5O3S2. The van der Waals surface area contributed by atoms with Gasteiger partial charge in [0.1, 0.15) is 17.2 Å². The van der Waals surface area contributed by atoms with Crippen molar-refractivity contribution in [2.24, 2.45) is 0 Å². The van der Waals surface area contributed by atoms with Gasteiger partial charge in [-0.05, 0) is 54.8 Å². The molecule has 0 aliphatic carbocycles. The van der Waals surface area contributed by atoms with Crippen molar-refractivity contribution in [3.8, 4) is 0 Å². The van der Waals surface area contributed by atoms with Gasteiger partial charge in [-0.2, -0.15) is 0 Å². The van der Waals surface area contributed by atoms with E-state index < -0.39 is 29.3 Å². The van der Waals surface area contributed by atoms with Crippen LogP contribution in [0.3, 0.4) is 0 Å². The Morgan fingerprint density at radius 1 is 1.07 bits per heavy atom. The van der Waals surface area contributed by atoms with E-state index in [1.165, 1.54) is 40.9 Å². The lowest BCUT2D eigenvalue weighted by atomic mass is 9.96. The average Bonchev–Trinajstić information content (AvgIpc) is 3.64. The van der Waals surface area contributed by atoms with Crippen molar-refractivity contribution >= 4 is 62.9 Å². The molecule has 0 spiro atoms. The van der Waals surface area contributed by atoms with Gasteiger partial charge >= 0.3 is 5.91 Å². The second-order valence-corrected chi connectivity index (χ2v) is 12.0. The molecule has 1 fully saturated rings. The number of anilines is 1. The number of hydrogen-bond acceptors (Lipinski definition) is 8. The zero-order valence-electron chi connectivity index (χ0n) is 21.7. The van der Waals surface area contributed by atoms with Crippen LogP contribution in [0.4, 0.5) is 9.52 Å². The summed E-state index contributed by atoms with van der Waals surface area (Å²) in [5.74, 6) is -2.14. The standard InChI is InChI=1S/C29H21ClFN5O3S2/c1-15-6-5-13-35-16(2)22(32-26(15)35)24(37)21-23(17-9-11-19(31)12-10-17)36(27(39)25(21)38)28-33-34-29(41-28)40-14-18-7-3-4-8-20(18)30/h3-13,23,37H,14H2,1-2H3. The van der Waals surface area contributed by atoms with E-state index in [1.807, 2.05) is 37.3 Å². The van der Waals surface area contributed by atoms with Crippen LogP contribution in [0.2, 0.25) is 5.02 Å². The van der Waals surface area contributed by atoms with Crippen molar-refractivity contribution in [2.45, 2.75) is 30.0 Å². The van der Waals surface area contributed by atoms with Gasteiger partial charge in [-0.15, -0.1) is 10.2 Å². The van der Waals surface area contributed by atoms with E-state index >= 15 is 0 Å². The summed E-state index contributed by atoms with van der Waals surface area (Å²) >= 11 is 8.80. The molecule has 1 atom stereocenters. The molecule has 0 bridgehead atoms. The number of fused-ring (bicyclic) bond motifs is 1. The molecule has 1 saturated heterocycles. The Morgan fingerprint density at radius 2 is 1.83 bits per heavy atom. The SMILES string of the molecule is Cc1cccn2c(C)c(C(O)=C3C(=O)C(=O)N(c4nnc(SCc5ccccc5Cl)s4)C3c3ccc(F)cc3)nc12. The highest BCUT2D eigenvalue weighted by Gasteiger charge is 2.48. The van der Waals surface area contributed by atoms with Crippen molar-refractivity contribution in [2.75, 3.05) is 4.90 Å². The van der Waals surface area contributed by atoms with Gasteiger partial charge in [0, 0.05) is 17.0 Å². The Morgan fingerprint density at radius 3 is 2.56 bits per heavy atom.